The highest BCUT2D eigenvalue weighted by molar-refractivity contribution is 7.91. The van der Waals surface area contributed by atoms with Gasteiger partial charge in [0.2, 0.25) is 0 Å². The van der Waals surface area contributed by atoms with Crippen molar-refractivity contribution in [3.05, 3.63) is 29.8 Å². The van der Waals surface area contributed by atoms with Crippen LogP contribution in [-0.2, 0) is 16.4 Å². The monoisotopic (exact) mass is 268 g/mol. The number of nitrogens with two attached hydrogens (primary N) is 1. The van der Waals surface area contributed by atoms with Crippen molar-refractivity contribution in [2.75, 3.05) is 18.8 Å². The molecular formula is C13H20N2O2S. The highest BCUT2D eigenvalue weighted by Crippen LogP contribution is 2.23. The summed E-state index contributed by atoms with van der Waals surface area (Å²) in [6, 6.07) is 7.24. The number of nitrogens with zero attached hydrogens (tertiary/aromatic N) is 1. The van der Waals surface area contributed by atoms with Gasteiger partial charge in [-0.1, -0.05) is 18.2 Å². The molecule has 1 aliphatic heterocycles. The summed E-state index contributed by atoms with van der Waals surface area (Å²) in [5.41, 5.74) is 6.57. The molecule has 1 aromatic rings. The third-order valence-electron chi connectivity index (χ3n) is 3.01. The van der Waals surface area contributed by atoms with E-state index in [2.05, 4.69) is 4.90 Å². The topological polar surface area (TPSA) is 63.4 Å². The van der Waals surface area contributed by atoms with Gasteiger partial charge in [0.15, 0.2) is 9.84 Å². The Labute approximate surface area is 109 Å². The fraction of sp³-hybridized carbons (Fsp3) is 0.538. The molecule has 0 saturated heterocycles. The van der Waals surface area contributed by atoms with Gasteiger partial charge in [0, 0.05) is 25.2 Å². The minimum absolute atomic E-state index is 0.167. The van der Waals surface area contributed by atoms with E-state index in [1.807, 2.05) is 26.0 Å². The summed E-state index contributed by atoms with van der Waals surface area (Å²) in [4.78, 5) is 2.59. The summed E-state index contributed by atoms with van der Waals surface area (Å²) in [5.74, 6) is 0.167. The fourth-order valence-electron chi connectivity index (χ4n) is 2.33. The lowest BCUT2D eigenvalue weighted by Gasteiger charge is -2.28. The number of benzene rings is 1. The minimum Gasteiger partial charge on any atom is -0.324 e. The van der Waals surface area contributed by atoms with Crippen LogP contribution in [0.3, 0.4) is 0 Å². The largest absolute Gasteiger partial charge is 0.324 e. The highest BCUT2D eigenvalue weighted by atomic mass is 32.2. The van der Waals surface area contributed by atoms with Crippen molar-refractivity contribution in [1.82, 2.24) is 4.90 Å². The van der Waals surface area contributed by atoms with Gasteiger partial charge in [0.05, 0.1) is 10.6 Å². The van der Waals surface area contributed by atoms with Crippen LogP contribution in [0.15, 0.2) is 29.2 Å². The van der Waals surface area contributed by atoms with Crippen molar-refractivity contribution in [3.63, 3.8) is 0 Å². The van der Waals surface area contributed by atoms with Gasteiger partial charge in [-0.3, -0.25) is 4.90 Å². The average molecular weight is 268 g/mol. The number of hydrogen-bond donors (Lipinski definition) is 1. The van der Waals surface area contributed by atoms with Gasteiger partial charge in [-0.2, -0.15) is 0 Å². The second-order valence-electron chi connectivity index (χ2n) is 5.63. The molecule has 1 aromatic carbocycles. The summed E-state index contributed by atoms with van der Waals surface area (Å²) in [7, 11) is -3.15. The van der Waals surface area contributed by atoms with E-state index in [0.717, 1.165) is 5.56 Å². The Morgan fingerprint density at radius 2 is 2.00 bits per heavy atom. The molecule has 0 bridgehead atoms. The van der Waals surface area contributed by atoms with E-state index in [1.165, 1.54) is 0 Å². The first-order chi connectivity index (χ1) is 8.28. The molecule has 0 spiro atoms. The van der Waals surface area contributed by atoms with Crippen molar-refractivity contribution in [1.29, 1.82) is 0 Å². The number of fused-ring (bicyclic) bond motifs is 1. The van der Waals surface area contributed by atoms with Crippen LogP contribution in [0.4, 0.5) is 0 Å². The van der Waals surface area contributed by atoms with Crippen molar-refractivity contribution < 1.29 is 8.42 Å². The van der Waals surface area contributed by atoms with Gasteiger partial charge in [-0.05, 0) is 25.5 Å². The lowest BCUT2D eigenvalue weighted by Crippen LogP contribution is -2.45. The van der Waals surface area contributed by atoms with Crippen LogP contribution in [0.1, 0.15) is 19.4 Å². The van der Waals surface area contributed by atoms with Crippen molar-refractivity contribution in [2.24, 2.45) is 5.73 Å². The standard InChI is InChI=1S/C13H20N2O2S/c1-13(2,14)10-15-7-8-18(16,17)12-6-4-3-5-11(12)9-15/h3-6H,7-10,14H2,1-2H3. The van der Waals surface area contributed by atoms with E-state index >= 15 is 0 Å². The van der Waals surface area contributed by atoms with Gasteiger partial charge >= 0.3 is 0 Å². The first kappa shape index (κ1) is 13.5. The molecule has 4 nitrogen and oxygen atoms in total. The average Bonchev–Trinajstić information content (AvgIpc) is 2.35. The third-order valence-corrected chi connectivity index (χ3v) is 4.80. The predicted octanol–water partition coefficient (Wildman–Crippen LogP) is 1.01. The Hall–Kier alpha value is -0.910. The van der Waals surface area contributed by atoms with Crippen LogP contribution in [0.25, 0.3) is 0 Å². The van der Waals surface area contributed by atoms with E-state index in [-0.39, 0.29) is 11.3 Å². The maximum absolute atomic E-state index is 12.1. The summed E-state index contributed by atoms with van der Waals surface area (Å²) in [5, 5.41) is 0. The van der Waals surface area contributed by atoms with E-state index in [4.69, 9.17) is 5.73 Å². The minimum atomic E-state index is -3.15. The van der Waals surface area contributed by atoms with Gasteiger partial charge < -0.3 is 5.73 Å². The zero-order valence-electron chi connectivity index (χ0n) is 10.9. The van der Waals surface area contributed by atoms with Crippen LogP contribution < -0.4 is 5.73 Å². The summed E-state index contributed by atoms with van der Waals surface area (Å²) in [6.07, 6.45) is 0. The molecule has 0 amide bonds. The van der Waals surface area contributed by atoms with E-state index in [1.54, 1.807) is 12.1 Å². The first-order valence-corrected chi connectivity index (χ1v) is 7.75. The molecule has 100 valence electrons. The highest BCUT2D eigenvalue weighted by Gasteiger charge is 2.26. The van der Waals surface area contributed by atoms with Gasteiger partial charge in [-0.15, -0.1) is 0 Å². The number of rotatable bonds is 2. The lowest BCUT2D eigenvalue weighted by molar-refractivity contribution is 0.230. The third kappa shape index (κ3) is 3.10. The Bertz CT molecular complexity index is 532. The molecule has 0 fully saturated rings. The Kier molecular flexibility index (Phi) is 3.49. The molecule has 18 heavy (non-hydrogen) atoms. The van der Waals surface area contributed by atoms with Gasteiger partial charge in [-0.25, -0.2) is 8.42 Å². The molecule has 0 unspecified atom stereocenters. The van der Waals surface area contributed by atoms with Gasteiger partial charge in [0.25, 0.3) is 0 Å². The van der Waals surface area contributed by atoms with Crippen LogP contribution in [0.5, 0.6) is 0 Å². The molecular weight excluding hydrogens is 248 g/mol. The Morgan fingerprint density at radius 1 is 1.33 bits per heavy atom. The lowest BCUT2D eigenvalue weighted by atomic mass is 10.1. The normalized spacial score (nSPS) is 20.2. The summed E-state index contributed by atoms with van der Waals surface area (Å²) < 4.78 is 24.3. The molecule has 2 N–H and O–H groups in total. The molecule has 0 radical (unpaired) electrons. The molecule has 0 aromatic heterocycles. The quantitative estimate of drug-likeness (QED) is 0.869. The van der Waals surface area contributed by atoms with E-state index < -0.39 is 9.84 Å². The number of sulfone groups is 1. The maximum Gasteiger partial charge on any atom is 0.179 e. The zero-order valence-corrected chi connectivity index (χ0v) is 11.7. The SMILES string of the molecule is CC(C)(N)CN1CCS(=O)(=O)c2ccccc2C1. The summed E-state index contributed by atoms with van der Waals surface area (Å²) >= 11 is 0. The molecule has 1 heterocycles. The van der Waals surface area contributed by atoms with Crippen LogP contribution in [-0.4, -0.2) is 37.7 Å². The Balaban J connectivity index is 2.32. The molecule has 0 aliphatic carbocycles. The number of hydrogen-bond acceptors (Lipinski definition) is 4. The molecule has 0 atom stereocenters. The van der Waals surface area contributed by atoms with Crippen molar-refractivity contribution >= 4 is 9.84 Å². The zero-order chi connectivity index (χ0) is 13.4. The molecule has 2 rings (SSSR count). The molecule has 1 aliphatic rings. The second kappa shape index (κ2) is 4.64. The van der Waals surface area contributed by atoms with E-state index in [0.29, 0.717) is 24.5 Å². The van der Waals surface area contributed by atoms with Crippen molar-refractivity contribution in [2.45, 2.75) is 30.8 Å². The van der Waals surface area contributed by atoms with Crippen LogP contribution in [0, 0.1) is 0 Å². The van der Waals surface area contributed by atoms with Gasteiger partial charge in [0.1, 0.15) is 0 Å². The predicted molar refractivity (Wildman–Crippen MR) is 72.0 cm³/mol. The second-order valence-corrected chi connectivity index (χ2v) is 7.70. The maximum atomic E-state index is 12.1. The van der Waals surface area contributed by atoms with Crippen molar-refractivity contribution in [3.8, 4) is 0 Å². The van der Waals surface area contributed by atoms with E-state index in [9.17, 15) is 8.42 Å². The van der Waals surface area contributed by atoms with Crippen LogP contribution in [0.2, 0.25) is 0 Å². The smallest absolute Gasteiger partial charge is 0.179 e. The molecule has 5 heteroatoms. The van der Waals surface area contributed by atoms with Crippen LogP contribution >= 0.6 is 0 Å². The Morgan fingerprint density at radius 3 is 2.67 bits per heavy atom. The molecule has 0 saturated carbocycles. The summed E-state index contributed by atoms with van der Waals surface area (Å²) in [6.45, 7) is 5.79. The fourth-order valence-corrected chi connectivity index (χ4v) is 3.86. The first-order valence-electron chi connectivity index (χ1n) is 6.10.